The van der Waals surface area contributed by atoms with Gasteiger partial charge < -0.3 is 10.2 Å². The van der Waals surface area contributed by atoms with Gasteiger partial charge in [-0.15, -0.1) is 0 Å². The van der Waals surface area contributed by atoms with Gasteiger partial charge in [-0.2, -0.15) is 0 Å². The zero-order valence-corrected chi connectivity index (χ0v) is 13.1. The van der Waals surface area contributed by atoms with Crippen LogP contribution in [0.25, 0.3) is 0 Å². The molecule has 1 heterocycles. The molecular formula is C15H21BrN2O. The van der Waals surface area contributed by atoms with Gasteiger partial charge in [0.15, 0.2) is 0 Å². The molecule has 1 fully saturated rings. The van der Waals surface area contributed by atoms with Crippen LogP contribution < -0.4 is 5.32 Å². The van der Waals surface area contributed by atoms with Gasteiger partial charge in [0.05, 0.1) is 6.54 Å². The first kappa shape index (κ1) is 14.4. The third-order valence-electron chi connectivity index (χ3n) is 3.79. The normalized spacial score (nSPS) is 23.2. The van der Waals surface area contributed by atoms with Crippen LogP contribution >= 0.6 is 15.9 Å². The number of nitrogens with one attached hydrogen (secondary N) is 1. The number of amides is 1. The molecule has 1 N–H and O–H groups in total. The highest BCUT2D eigenvalue weighted by atomic mass is 79.9. The van der Waals surface area contributed by atoms with Crippen LogP contribution in [0.4, 0.5) is 5.69 Å². The second-order valence-electron chi connectivity index (χ2n) is 5.26. The highest BCUT2D eigenvalue weighted by molar-refractivity contribution is 9.10. The molecule has 2 unspecified atom stereocenters. The van der Waals surface area contributed by atoms with E-state index in [2.05, 4.69) is 35.1 Å². The molecule has 1 saturated heterocycles. The van der Waals surface area contributed by atoms with Crippen molar-refractivity contribution in [2.24, 2.45) is 0 Å². The van der Waals surface area contributed by atoms with Gasteiger partial charge in [-0.1, -0.05) is 12.1 Å². The van der Waals surface area contributed by atoms with Crippen LogP contribution in [0.1, 0.15) is 33.1 Å². The maximum Gasteiger partial charge on any atom is 0.242 e. The Morgan fingerprint density at radius 1 is 1.32 bits per heavy atom. The Kier molecular flexibility index (Phi) is 4.86. The summed E-state index contributed by atoms with van der Waals surface area (Å²) in [6.45, 7) is 4.65. The fourth-order valence-electron chi connectivity index (χ4n) is 2.78. The topological polar surface area (TPSA) is 32.3 Å². The van der Waals surface area contributed by atoms with Gasteiger partial charge in [-0.05, 0) is 61.2 Å². The molecule has 0 radical (unpaired) electrons. The van der Waals surface area contributed by atoms with Crippen molar-refractivity contribution < 1.29 is 4.79 Å². The largest absolute Gasteiger partial charge is 0.375 e. The maximum absolute atomic E-state index is 12.4. The van der Waals surface area contributed by atoms with Gasteiger partial charge >= 0.3 is 0 Å². The average Bonchev–Trinajstić information content (AvgIpc) is 2.37. The molecule has 0 aliphatic carbocycles. The van der Waals surface area contributed by atoms with E-state index in [4.69, 9.17) is 0 Å². The lowest BCUT2D eigenvalue weighted by molar-refractivity contribution is -0.135. The standard InChI is InChI=1S/C15H21BrN2O/c1-11-6-5-7-12(2)18(11)15(19)10-17-14-9-4-3-8-13(14)16/h3-4,8-9,11-12,17H,5-7,10H2,1-2H3. The molecule has 3 nitrogen and oxygen atoms in total. The second kappa shape index (κ2) is 6.42. The number of anilines is 1. The lowest BCUT2D eigenvalue weighted by Crippen LogP contribution is -2.49. The molecule has 1 aromatic rings. The lowest BCUT2D eigenvalue weighted by atomic mass is 9.97. The van der Waals surface area contributed by atoms with E-state index in [1.807, 2.05) is 29.2 Å². The van der Waals surface area contributed by atoms with E-state index in [9.17, 15) is 4.79 Å². The highest BCUT2D eigenvalue weighted by Crippen LogP contribution is 2.24. The van der Waals surface area contributed by atoms with Crippen LogP contribution in [0.2, 0.25) is 0 Å². The molecule has 104 valence electrons. The number of benzene rings is 1. The fraction of sp³-hybridized carbons (Fsp3) is 0.533. The fourth-order valence-corrected chi connectivity index (χ4v) is 3.20. The van der Waals surface area contributed by atoms with Crippen LogP contribution in [0.5, 0.6) is 0 Å². The number of likely N-dealkylation sites (tertiary alicyclic amines) is 1. The van der Waals surface area contributed by atoms with E-state index in [1.54, 1.807) is 0 Å². The molecule has 2 atom stereocenters. The van der Waals surface area contributed by atoms with Crippen molar-refractivity contribution in [2.45, 2.75) is 45.2 Å². The van der Waals surface area contributed by atoms with Crippen molar-refractivity contribution in [3.63, 3.8) is 0 Å². The molecule has 2 rings (SSSR count). The average molecular weight is 325 g/mol. The summed E-state index contributed by atoms with van der Waals surface area (Å²) < 4.78 is 0.988. The van der Waals surface area contributed by atoms with Crippen molar-refractivity contribution in [3.8, 4) is 0 Å². The van der Waals surface area contributed by atoms with E-state index >= 15 is 0 Å². The van der Waals surface area contributed by atoms with Crippen LogP contribution in [-0.2, 0) is 4.79 Å². The SMILES string of the molecule is CC1CCCC(C)N1C(=O)CNc1ccccc1Br. The molecule has 1 amide bonds. The van der Waals surface area contributed by atoms with Crippen LogP contribution in [0.3, 0.4) is 0 Å². The first-order valence-corrected chi connectivity index (χ1v) is 7.68. The van der Waals surface area contributed by atoms with Gasteiger partial charge in [-0.3, -0.25) is 4.79 Å². The molecule has 1 aliphatic rings. The summed E-state index contributed by atoms with van der Waals surface area (Å²) in [4.78, 5) is 14.4. The second-order valence-corrected chi connectivity index (χ2v) is 6.12. The number of rotatable bonds is 3. The van der Waals surface area contributed by atoms with Crippen molar-refractivity contribution in [3.05, 3.63) is 28.7 Å². The molecular weight excluding hydrogens is 304 g/mol. The van der Waals surface area contributed by atoms with Crippen molar-refractivity contribution in [1.29, 1.82) is 0 Å². The molecule has 19 heavy (non-hydrogen) atoms. The van der Waals surface area contributed by atoms with E-state index in [-0.39, 0.29) is 5.91 Å². The van der Waals surface area contributed by atoms with Crippen molar-refractivity contribution in [2.75, 3.05) is 11.9 Å². The van der Waals surface area contributed by atoms with E-state index in [0.717, 1.165) is 23.0 Å². The summed E-state index contributed by atoms with van der Waals surface area (Å²) in [6.07, 6.45) is 3.46. The Morgan fingerprint density at radius 2 is 1.95 bits per heavy atom. The minimum Gasteiger partial charge on any atom is -0.375 e. The van der Waals surface area contributed by atoms with E-state index in [0.29, 0.717) is 18.6 Å². The summed E-state index contributed by atoms with van der Waals surface area (Å²) in [5.74, 6) is 0.190. The predicted molar refractivity (Wildman–Crippen MR) is 82.3 cm³/mol. The van der Waals surface area contributed by atoms with Gasteiger partial charge in [0.25, 0.3) is 0 Å². The monoisotopic (exact) mass is 324 g/mol. The van der Waals surface area contributed by atoms with E-state index < -0.39 is 0 Å². The van der Waals surface area contributed by atoms with Gasteiger partial charge in [0.1, 0.15) is 0 Å². The third kappa shape index (κ3) is 3.50. The Balaban J connectivity index is 1.95. The molecule has 0 spiro atoms. The predicted octanol–water partition coefficient (Wildman–Crippen LogP) is 3.65. The number of carbonyl (C=O) groups excluding carboxylic acids is 1. The maximum atomic E-state index is 12.4. The zero-order valence-electron chi connectivity index (χ0n) is 11.5. The van der Waals surface area contributed by atoms with Gasteiger partial charge in [0.2, 0.25) is 5.91 Å². The molecule has 0 saturated carbocycles. The van der Waals surface area contributed by atoms with E-state index in [1.165, 1.54) is 6.42 Å². The summed E-state index contributed by atoms with van der Waals surface area (Å²) in [5, 5.41) is 3.21. The minimum atomic E-state index is 0.190. The highest BCUT2D eigenvalue weighted by Gasteiger charge is 2.28. The van der Waals surface area contributed by atoms with Gasteiger partial charge in [-0.25, -0.2) is 0 Å². The first-order chi connectivity index (χ1) is 9.09. The summed E-state index contributed by atoms with van der Waals surface area (Å²) in [5.41, 5.74) is 0.966. The molecule has 0 bridgehead atoms. The van der Waals surface area contributed by atoms with Crippen LogP contribution in [0, 0.1) is 0 Å². The zero-order chi connectivity index (χ0) is 13.8. The minimum absolute atomic E-state index is 0.190. The van der Waals surface area contributed by atoms with Crippen LogP contribution in [-0.4, -0.2) is 29.4 Å². The van der Waals surface area contributed by atoms with Crippen molar-refractivity contribution >= 4 is 27.5 Å². The number of nitrogens with zero attached hydrogens (tertiary/aromatic N) is 1. The molecule has 4 heteroatoms. The molecule has 0 aromatic heterocycles. The molecule has 1 aromatic carbocycles. The Hall–Kier alpha value is -1.03. The Labute approximate surface area is 123 Å². The Morgan fingerprint density at radius 3 is 2.58 bits per heavy atom. The molecule has 1 aliphatic heterocycles. The number of halogens is 1. The number of hydrogen-bond donors (Lipinski definition) is 1. The number of piperidine rings is 1. The third-order valence-corrected chi connectivity index (χ3v) is 4.48. The first-order valence-electron chi connectivity index (χ1n) is 6.89. The quantitative estimate of drug-likeness (QED) is 0.920. The number of carbonyl (C=O) groups is 1. The van der Waals surface area contributed by atoms with Gasteiger partial charge in [0, 0.05) is 22.2 Å². The van der Waals surface area contributed by atoms with Crippen molar-refractivity contribution in [1.82, 2.24) is 4.90 Å². The van der Waals surface area contributed by atoms with Crippen LogP contribution in [0.15, 0.2) is 28.7 Å². The Bertz CT molecular complexity index is 440. The summed E-state index contributed by atoms with van der Waals surface area (Å²) in [6, 6.07) is 8.59. The lowest BCUT2D eigenvalue weighted by Gasteiger charge is -2.39. The summed E-state index contributed by atoms with van der Waals surface area (Å²) >= 11 is 3.48. The number of para-hydroxylation sites is 1. The summed E-state index contributed by atoms with van der Waals surface area (Å²) in [7, 11) is 0. The smallest absolute Gasteiger partial charge is 0.242 e. The number of hydrogen-bond acceptors (Lipinski definition) is 2.